The Morgan fingerprint density at radius 3 is 2.29 bits per heavy atom. The third kappa shape index (κ3) is 6.81. The summed E-state index contributed by atoms with van der Waals surface area (Å²) in [6.07, 6.45) is 8.92. The molecule has 0 bridgehead atoms. The van der Waals surface area contributed by atoms with Crippen molar-refractivity contribution in [1.29, 1.82) is 0 Å². The second kappa shape index (κ2) is 14.4. The maximum absolute atomic E-state index is 14.1. The number of carbonyl (C=O) groups is 3. The van der Waals surface area contributed by atoms with E-state index in [1.165, 1.54) is 39.0 Å². The van der Waals surface area contributed by atoms with Crippen molar-refractivity contribution in [2.45, 2.75) is 110 Å². The first-order chi connectivity index (χ1) is 24.4. The van der Waals surface area contributed by atoms with E-state index in [0.29, 0.717) is 73.3 Å². The van der Waals surface area contributed by atoms with Gasteiger partial charge in [-0.05, 0) is 123 Å². The smallest absolute Gasteiger partial charge is 0.251 e. The molecule has 276 valence electrons. The number of carbonyl (C=O) groups excluding carboxylic acids is 3. The molecule has 2 amide bonds. The Morgan fingerprint density at radius 2 is 1.59 bits per heavy atom. The number of benzene rings is 2. The fraction of sp³-hybridized carbons (Fsp3) is 0.651. The molecule has 0 aromatic heterocycles. The molecule has 4 saturated carbocycles. The van der Waals surface area contributed by atoms with Crippen molar-refractivity contribution in [3.8, 4) is 0 Å². The van der Waals surface area contributed by atoms with Gasteiger partial charge >= 0.3 is 0 Å². The van der Waals surface area contributed by atoms with Gasteiger partial charge in [0.1, 0.15) is 6.04 Å². The normalized spacial score (nSPS) is 36.3. The third-order valence-electron chi connectivity index (χ3n) is 14.9. The van der Waals surface area contributed by atoms with Crippen molar-refractivity contribution in [1.82, 2.24) is 15.1 Å². The third-order valence-corrected chi connectivity index (χ3v) is 14.9. The maximum atomic E-state index is 14.1. The number of hydrogen-bond acceptors (Lipinski definition) is 6. The van der Waals surface area contributed by atoms with Gasteiger partial charge in [-0.15, -0.1) is 0 Å². The van der Waals surface area contributed by atoms with Crippen LogP contribution < -0.4 is 5.32 Å². The highest BCUT2D eigenvalue weighted by Gasteiger charge is 2.62. The summed E-state index contributed by atoms with van der Waals surface area (Å²) >= 11 is 0. The minimum atomic E-state index is -0.743. The molecule has 7 rings (SSSR count). The van der Waals surface area contributed by atoms with Crippen molar-refractivity contribution in [3.63, 3.8) is 0 Å². The molecule has 5 fully saturated rings. The van der Waals surface area contributed by atoms with E-state index in [4.69, 9.17) is 0 Å². The van der Waals surface area contributed by atoms with Crippen LogP contribution in [0.2, 0.25) is 0 Å². The number of piperazine rings is 1. The number of aliphatic hydroxyl groups excluding tert-OH is 2. The van der Waals surface area contributed by atoms with Gasteiger partial charge in [0.15, 0.2) is 5.78 Å². The molecule has 3 N–H and O–H groups in total. The quantitative estimate of drug-likeness (QED) is 0.303. The Hall–Kier alpha value is -3.07. The Labute approximate surface area is 304 Å². The largest absolute Gasteiger partial charge is 0.393 e. The lowest BCUT2D eigenvalue weighted by Gasteiger charge is -2.63. The second-order valence-electron chi connectivity index (χ2n) is 17.4. The van der Waals surface area contributed by atoms with Gasteiger partial charge in [0.2, 0.25) is 5.91 Å². The zero-order valence-corrected chi connectivity index (χ0v) is 31.1. The molecule has 2 aromatic rings. The number of nitrogens with zero attached hydrogens (tertiary/aromatic N) is 2. The molecule has 11 atom stereocenters. The van der Waals surface area contributed by atoms with E-state index in [0.717, 1.165) is 24.8 Å². The lowest BCUT2D eigenvalue weighted by molar-refractivity contribution is -0.156. The van der Waals surface area contributed by atoms with Crippen molar-refractivity contribution in [3.05, 3.63) is 71.3 Å². The molecule has 5 aliphatic rings. The molecule has 51 heavy (non-hydrogen) atoms. The van der Waals surface area contributed by atoms with Crippen LogP contribution in [0.5, 0.6) is 0 Å². The second-order valence-corrected chi connectivity index (χ2v) is 17.4. The summed E-state index contributed by atoms with van der Waals surface area (Å²) < 4.78 is 0. The van der Waals surface area contributed by atoms with Gasteiger partial charge in [-0.3, -0.25) is 19.3 Å². The zero-order valence-electron chi connectivity index (χ0n) is 31.1. The van der Waals surface area contributed by atoms with Gasteiger partial charge in [0, 0.05) is 49.8 Å². The van der Waals surface area contributed by atoms with Gasteiger partial charge in [0.25, 0.3) is 5.91 Å². The lowest BCUT2D eigenvalue weighted by Crippen LogP contribution is -2.63. The molecule has 8 nitrogen and oxygen atoms in total. The molecule has 0 unspecified atom stereocenters. The minimum Gasteiger partial charge on any atom is -0.393 e. The fourth-order valence-corrected chi connectivity index (χ4v) is 12.1. The number of Topliss-reactive ketones (excluding diaryl/α,β-unsaturated/α-hetero) is 1. The van der Waals surface area contributed by atoms with E-state index < -0.39 is 6.04 Å². The molecule has 8 heteroatoms. The molecule has 4 aliphatic carbocycles. The van der Waals surface area contributed by atoms with E-state index in [9.17, 15) is 24.6 Å². The van der Waals surface area contributed by atoms with Gasteiger partial charge in [-0.2, -0.15) is 0 Å². The molecule has 1 heterocycles. The average molecular weight is 698 g/mol. The number of amides is 2. The topological polar surface area (TPSA) is 110 Å². The van der Waals surface area contributed by atoms with Gasteiger partial charge in [-0.1, -0.05) is 56.3 Å². The maximum Gasteiger partial charge on any atom is 0.251 e. The highest BCUT2D eigenvalue weighted by Crippen LogP contribution is 2.68. The Balaban J connectivity index is 1.02. The molecule has 1 aliphatic heterocycles. The molecule has 0 radical (unpaired) electrons. The van der Waals surface area contributed by atoms with Gasteiger partial charge in [0.05, 0.1) is 12.2 Å². The van der Waals surface area contributed by atoms with Crippen LogP contribution >= 0.6 is 0 Å². The Morgan fingerprint density at radius 1 is 0.882 bits per heavy atom. The van der Waals surface area contributed by atoms with E-state index in [1.807, 2.05) is 42.2 Å². The van der Waals surface area contributed by atoms with Crippen LogP contribution in [0.4, 0.5) is 0 Å². The van der Waals surface area contributed by atoms with Crippen molar-refractivity contribution < 1.29 is 24.6 Å². The van der Waals surface area contributed by atoms with Gasteiger partial charge in [-0.25, -0.2) is 0 Å². The average Bonchev–Trinajstić information content (AvgIpc) is 3.49. The SMILES string of the molecule is CC(=O)c1cccc(C(=O)N[C@@H](Cc2ccccc2)C(=O)N2CCN([C@H]3C[C@@]4(C)[C@@H](CC[C@@H]5[C@@H]4CC[C@]4(C)[C@@H]([C@@H](C)O)CC[C@@H]54)C[C@@H]3O)CC2)c1. The van der Waals surface area contributed by atoms with Crippen LogP contribution in [0, 0.1) is 40.4 Å². The number of fused-ring (bicyclic) bond motifs is 5. The molecule has 0 spiro atoms. The monoisotopic (exact) mass is 697 g/mol. The molecular weight excluding hydrogens is 638 g/mol. The van der Waals surface area contributed by atoms with E-state index in [1.54, 1.807) is 24.3 Å². The molecule has 1 saturated heterocycles. The zero-order chi connectivity index (χ0) is 36.1. The number of ketones is 1. The van der Waals surface area contributed by atoms with E-state index >= 15 is 0 Å². The number of hydrogen-bond donors (Lipinski definition) is 3. The fourth-order valence-electron chi connectivity index (χ4n) is 12.1. The first-order valence-electron chi connectivity index (χ1n) is 19.7. The number of nitrogens with one attached hydrogen (secondary N) is 1. The van der Waals surface area contributed by atoms with Crippen LogP contribution in [0.1, 0.15) is 105 Å². The number of aliphatic hydroxyl groups is 2. The van der Waals surface area contributed by atoms with Crippen LogP contribution in [-0.4, -0.2) is 88.1 Å². The lowest BCUT2D eigenvalue weighted by atomic mass is 9.44. The highest BCUT2D eigenvalue weighted by molar-refractivity contribution is 6.01. The molecule has 2 aromatic carbocycles. The number of rotatable bonds is 8. The summed E-state index contributed by atoms with van der Waals surface area (Å²) in [5.74, 6) is 2.44. The Kier molecular flexibility index (Phi) is 10.2. The van der Waals surface area contributed by atoms with E-state index in [2.05, 4.69) is 24.1 Å². The summed E-state index contributed by atoms with van der Waals surface area (Å²) in [7, 11) is 0. The van der Waals surface area contributed by atoms with Crippen LogP contribution in [0.25, 0.3) is 0 Å². The van der Waals surface area contributed by atoms with Crippen LogP contribution in [0.15, 0.2) is 54.6 Å². The van der Waals surface area contributed by atoms with Crippen molar-refractivity contribution in [2.24, 2.45) is 40.4 Å². The van der Waals surface area contributed by atoms with Gasteiger partial charge < -0.3 is 20.4 Å². The van der Waals surface area contributed by atoms with Crippen molar-refractivity contribution >= 4 is 17.6 Å². The summed E-state index contributed by atoms with van der Waals surface area (Å²) in [5.41, 5.74) is 2.22. The predicted molar refractivity (Wildman–Crippen MR) is 198 cm³/mol. The van der Waals surface area contributed by atoms with Crippen molar-refractivity contribution in [2.75, 3.05) is 26.2 Å². The van der Waals surface area contributed by atoms with Crippen LogP contribution in [0.3, 0.4) is 0 Å². The Bertz CT molecular complexity index is 1590. The summed E-state index contributed by atoms with van der Waals surface area (Å²) in [6.45, 7) is 11.0. The summed E-state index contributed by atoms with van der Waals surface area (Å²) in [5, 5.41) is 25.3. The molecular formula is C43H59N3O5. The van der Waals surface area contributed by atoms with E-state index in [-0.39, 0.29) is 46.7 Å². The van der Waals surface area contributed by atoms with Crippen LogP contribution in [-0.2, 0) is 11.2 Å². The predicted octanol–water partition coefficient (Wildman–Crippen LogP) is 5.75. The minimum absolute atomic E-state index is 0.0812. The first kappa shape index (κ1) is 36.3. The standard InChI is InChI=1S/C43H59N3O5/c1-27(47)30-11-8-12-31(24-30)40(50)44-37(23-29-9-6-5-7-10-29)41(51)46-21-19-45(20-22-46)38-26-43(4)32(25-39(38)49)13-14-33-35-16-15-34(28(2)48)42(35,3)18-17-36(33)43/h5-12,24,28,32-39,48-49H,13-23,25-26H2,1-4H3,(H,44,50)/t28-,32+,33+,34-,35+,36+,37+,38+,39+,42-,43+/m1/s1. The first-order valence-corrected chi connectivity index (χ1v) is 19.7. The highest BCUT2D eigenvalue weighted by atomic mass is 16.3. The summed E-state index contributed by atoms with van der Waals surface area (Å²) in [6, 6.07) is 15.7. The summed E-state index contributed by atoms with van der Waals surface area (Å²) in [4.78, 5) is 43.9.